The van der Waals surface area contributed by atoms with Crippen molar-refractivity contribution in [1.82, 2.24) is 14.9 Å². The first kappa shape index (κ1) is 17.4. The van der Waals surface area contributed by atoms with E-state index in [2.05, 4.69) is 15.3 Å². The van der Waals surface area contributed by atoms with Crippen molar-refractivity contribution in [3.05, 3.63) is 40.8 Å². The van der Waals surface area contributed by atoms with Crippen molar-refractivity contribution in [2.45, 2.75) is 6.92 Å². The first-order valence-corrected chi connectivity index (χ1v) is 8.26. The third-order valence-electron chi connectivity index (χ3n) is 3.93. The summed E-state index contributed by atoms with van der Waals surface area (Å²) in [4.78, 5) is 22.5. The molecule has 0 atom stereocenters. The van der Waals surface area contributed by atoms with E-state index in [4.69, 9.17) is 21.1 Å². The molecule has 0 radical (unpaired) electrons. The van der Waals surface area contributed by atoms with Crippen LogP contribution in [0.5, 0.6) is 5.75 Å². The number of carbonyl (C=O) groups excluding carboxylic acids is 1. The highest BCUT2D eigenvalue weighted by Gasteiger charge is 2.20. The summed E-state index contributed by atoms with van der Waals surface area (Å²) in [6.07, 6.45) is 1.37. The number of carbonyl (C=O) groups is 1. The molecule has 0 bridgehead atoms. The van der Waals surface area contributed by atoms with E-state index in [1.807, 2.05) is 13.0 Å². The number of benzene rings is 1. The van der Waals surface area contributed by atoms with E-state index in [9.17, 15) is 4.79 Å². The van der Waals surface area contributed by atoms with E-state index < -0.39 is 0 Å². The van der Waals surface area contributed by atoms with Gasteiger partial charge in [-0.2, -0.15) is 0 Å². The Kier molecular flexibility index (Phi) is 5.35. The fraction of sp³-hybridized carbons (Fsp3) is 0.353. The van der Waals surface area contributed by atoms with Gasteiger partial charge in [-0.25, -0.2) is 9.97 Å². The van der Waals surface area contributed by atoms with Gasteiger partial charge in [0.15, 0.2) is 0 Å². The van der Waals surface area contributed by atoms with Crippen molar-refractivity contribution in [2.24, 2.45) is 0 Å². The van der Waals surface area contributed by atoms with Gasteiger partial charge in [-0.1, -0.05) is 11.6 Å². The van der Waals surface area contributed by atoms with Crippen LogP contribution in [0.3, 0.4) is 0 Å². The number of amides is 1. The van der Waals surface area contributed by atoms with Crippen LogP contribution in [0.1, 0.15) is 16.1 Å². The molecular weight excluding hydrogens is 344 g/mol. The summed E-state index contributed by atoms with van der Waals surface area (Å²) >= 11 is 6.13. The third kappa shape index (κ3) is 4.00. The molecule has 1 amide bonds. The number of aryl methyl sites for hydroxylation is 1. The highest BCUT2D eigenvalue weighted by Crippen LogP contribution is 2.32. The van der Waals surface area contributed by atoms with Crippen LogP contribution in [0.2, 0.25) is 5.02 Å². The number of nitrogens with zero attached hydrogens (tertiary/aromatic N) is 3. The number of hydrogen-bond acceptors (Lipinski definition) is 6. The predicted molar refractivity (Wildman–Crippen MR) is 94.8 cm³/mol. The maximum Gasteiger partial charge on any atom is 0.272 e. The number of halogens is 1. The van der Waals surface area contributed by atoms with Gasteiger partial charge in [0, 0.05) is 30.2 Å². The average molecular weight is 363 g/mol. The van der Waals surface area contributed by atoms with E-state index >= 15 is 0 Å². The summed E-state index contributed by atoms with van der Waals surface area (Å²) in [6.45, 7) is 4.12. The molecule has 1 N–H and O–H groups in total. The van der Waals surface area contributed by atoms with Crippen molar-refractivity contribution >= 4 is 29.0 Å². The van der Waals surface area contributed by atoms with Gasteiger partial charge in [0.1, 0.15) is 23.6 Å². The van der Waals surface area contributed by atoms with Crippen LogP contribution in [0.4, 0.5) is 11.5 Å². The van der Waals surface area contributed by atoms with Crippen molar-refractivity contribution in [1.29, 1.82) is 0 Å². The van der Waals surface area contributed by atoms with Crippen molar-refractivity contribution in [2.75, 3.05) is 38.7 Å². The predicted octanol–water partition coefficient (Wildman–Crippen LogP) is 2.66. The van der Waals surface area contributed by atoms with E-state index in [1.54, 1.807) is 24.1 Å². The minimum atomic E-state index is -0.131. The molecule has 1 saturated heterocycles. The normalized spacial score (nSPS) is 14.3. The van der Waals surface area contributed by atoms with Gasteiger partial charge in [-0.15, -0.1) is 0 Å². The van der Waals surface area contributed by atoms with Gasteiger partial charge in [-0.05, 0) is 18.6 Å². The molecule has 1 aromatic carbocycles. The molecule has 1 aliphatic rings. The first-order chi connectivity index (χ1) is 12.1. The van der Waals surface area contributed by atoms with E-state index in [1.165, 1.54) is 6.33 Å². The Morgan fingerprint density at radius 2 is 2.04 bits per heavy atom. The second-order valence-corrected chi connectivity index (χ2v) is 6.03. The Balaban J connectivity index is 1.82. The van der Waals surface area contributed by atoms with E-state index in [-0.39, 0.29) is 5.91 Å². The monoisotopic (exact) mass is 362 g/mol. The minimum Gasteiger partial charge on any atom is -0.495 e. The van der Waals surface area contributed by atoms with Gasteiger partial charge in [-0.3, -0.25) is 4.79 Å². The lowest BCUT2D eigenvalue weighted by atomic mass is 10.2. The fourth-order valence-corrected chi connectivity index (χ4v) is 2.69. The van der Waals surface area contributed by atoms with E-state index in [0.29, 0.717) is 54.3 Å². The molecule has 132 valence electrons. The minimum absolute atomic E-state index is 0.131. The summed E-state index contributed by atoms with van der Waals surface area (Å²) in [6, 6.07) is 5.23. The summed E-state index contributed by atoms with van der Waals surface area (Å²) in [5.41, 5.74) is 1.96. The van der Waals surface area contributed by atoms with Crippen molar-refractivity contribution in [3.8, 4) is 5.75 Å². The Labute approximate surface area is 150 Å². The zero-order chi connectivity index (χ0) is 17.8. The van der Waals surface area contributed by atoms with Crippen LogP contribution < -0.4 is 10.1 Å². The summed E-state index contributed by atoms with van der Waals surface area (Å²) in [5, 5.41) is 3.78. The lowest BCUT2D eigenvalue weighted by molar-refractivity contribution is 0.0299. The van der Waals surface area contributed by atoms with Gasteiger partial charge < -0.3 is 19.7 Å². The number of ether oxygens (including phenoxy) is 2. The molecule has 0 saturated carbocycles. The van der Waals surface area contributed by atoms with Crippen LogP contribution in [-0.2, 0) is 4.74 Å². The number of morpholine rings is 1. The smallest absolute Gasteiger partial charge is 0.272 e. The Hall–Kier alpha value is -2.38. The Bertz CT molecular complexity index is 778. The SMILES string of the molecule is COc1cc(Cl)c(C)cc1Nc1cc(C(=O)N2CCOCC2)ncn1. The van der Waals surface area contributed by atoms with Crippen molar-refractivity contribution < 1.29 is 14.3 Å². The maximum atomic E-state index is 12.5. The van der Waals surface area contributed by atoms with Gasteiger partial charge in [0.05, 0.1) is 26.0 Å². The molecule has 25 heavy (non-hydrogen) atoms. The standard InChI is InChI=1S/C17H19ClN4O3/c1-11-7-13(15(24-2)8-12(11)18)21-16-9-14(19-10-20-16)17(23)22-3-5-25-6-4-22/h7-10H,3-6H2,1-2H3,(H,19,20,21). The lowest BCUT2D eigenvalue weighted by Crippen LogP contribution is -2.41. The first-order valence-electron chi connectivity index (χ1n) is 7.88. The molecule has 0 unspecified atom stereocenters. The molecule has 3 rings (SSSR count). The molecule has 1 aliphatic heterocycles. The summed E-state index contributed by atoms with van der Waals surface area (Å²) in [5.74, 6) is 0.968. The van der Waals surface area contributed by atoms with Gasteiger partial charge in [0.2, 0.25) is 0 Å². The highest BCUT2D eigenvalue weighted by molar-refractivity contribution is 6.31. The lowest BCUT2D eigenvalue weighted by Gasteiger charge is -2.26. The average Bonchev–Trinajstić information content (AvgIpc) is 2.65. The number of hydrogen-bond donors (Lipinski definition) is 1. The Morgan fingerprint density at radius 1 is 1.28 bits per heavy atom. The fourth-order valence-electron chi connectivity index (χ4n) is 2.54. The van der Waals surface area contributed by atoms with Crippen LogP contribution in [0, 0.1) is 6.92 Å². The van der Waals surface area contributed by atoms with E-state index in [0.717, 1.165) is 5.56 Å². The van der Waals surface area contributed by atoms with Crippen LogP contribution in [0.15, 0.2) is 24.5 Å². The summed E-state index contributed by atoms with van der Waals surface area (Å²) in [7, 11) is 1.57. The molecule has 2 aromatic rings. The van der Waals surface area contributed by atoms with Gasteiger partial charge in [0.25, 0.3) is 5.91 Å². The van der Waals surface area contributed by atoms with Crippen LogP contribution in [0.25, 0.3) is 0 Å². The summed E-state index contributed by atoms with van der Waals surface area (Å²) < 4.78 is 10.6. The zero-order valence-electron chi connectivity index (χ0n) is 14.1. The molecular formula is C17H19ClN4O3. The Morgan fingerprint density at radius 3 is 2.76 bits per heavy atom. The number of methoxy groups -OCH3 is 1. The second kappa shape index (κ2) is 7.67. The number of anilines is 2. The van der Waals surface area contributed by atoms with Gasteiger partial charge >= 0.3 is 0 Å². The molecule has 0 spiro atoms. The third-order valence-corrected chi connectivity index (χ3v) is 4.34. The van der Waals surface area contributed by atoms with Crippen LogP contribution >= 0.6 is 11.6 Å². The second-order valence-electron chi connectivity index (χ2n) is 5.62. The quantitative estimate of drug-likeness (QED) is 0.901. The highest BCUT2D eigenvalue weighted by atomic mass is 35.5. The van der Waals surface area contributed by atoms with Crippen LogP contribution in [-0.4, -0.2) is 54.2 Å². The largest absolute Gasteiger partial charge is 0.495 e. The zero-order valence-corrected chi connectivity index (χ0v) is 14.8. The number of aromatic nitrogens is 2. The number of rotatable bonds is 4. The molecule has 8 heteroatoms. The topological polar surface area (TPSA) is 76.6 Å². The molecule has 7 nitrogen and oxygen atoms in total. The van der Waals surface area contributed by atoms with Crippen molar-refractivity contribution in [3.63, 3.8) is 0 Å². The molecule has 2 heterocycles. The molecule has 0 aliphatic carbocycles. The molecule has 1 aromatic heterocycles. The molecule has 1 fully saturated rings. The number of nitrogens with one attached hydrogen (secondary N) is 1. The maximum absolute atomic E-state index is 12.5.